The highest BCUT2D eigenvalue weighted by Gasteiger charge is 2.11. The fourth-order valence-corrected chi connectivity index (χ4v) is 1.79. The van der Waals surface area contributed by atoms with Gasteiger partial charge in [0.15, 0.2) is 0 Å². The van der Waals surface area contributed by atoms with E-state index in [0.29, 0.717) is 10.6 Å². The SMILES string of the molecule is Cc1ccc(F)c(NC(=O)c2ccccc2Cl)c1. The average molecular weight is 264 g/mol. The van der Waals surface area contributed by atoms with Crippen LogP contribution in [0.3, 0.4) is 0 Å². The van der Waals surface area contributed by atoms with Crippen molar-refractivity contribution < 1.29 is 9.18 Å². The molecule has 0 saturated carbocycles. The predicted octanol–water partition coefficient (Wildman–Crippen LogP) is 4.04. The maximum Gasteiger partial charge on any atom is 0.257 e. The molecule has 0 spiro atoms. The summed E-state index contributed by atoms with van der Waals surface area (Å²) in [6.07, 6.45) is 0. The summed E-state index contributed by atoms with van der Waals surface area (Å²) in [6.45, 7) is 1.82. The van der Waals surface area contributed by atoms with Gasteiger partial charge in [-0.2, -0.15) is 0 Å². The standard InChI is InChI=1S/C14H11ClFNO/c1-9-6-7-12(16)13(8-9)17-14(18)10-4-2-3-5-11(10)15/h2-8H,1H3,(H,17,18). The lowest BCUT2D eigenvalue weighted by molar-refractivity contribution is 0.102. The minimum atomic E-state index is -0.471. The number of benzene rings is 2. The van der Waals surface area contributed by atoms with E-state index in [1.54, 1.807) is 36.4 Å². The Balaban J connectivity index is 2.27. The molecule has 2 aromatic carbocycles. The molecule has 0 radical (unpaired) electrons. The van der Waals surface area contributed by atoms with Crippen molar-refractivity contribution in [1.82, 2.24) is 0 Å². The number of hydrogen-bond donors (Lipinski definition) is 1. The van der Waals surface area contributed by atoms with Crippen molar-refractivity contribution in [3.05, 3.63) is 64.4 Å². The summed E-state index contributed by atoms with van der Waals surface area (Å²) in [7, 11) is 0. The molecule has 0 aliphatic heterocycles. The van der Waals surface area contributed by atoms with Gasteiger partial charge >= 0.3 is 0 Å². The Morgan fingerprint density at radius 3 is 2.67 bits per heavy atom. The van der Waals surface area contributed by atoms with Gasteiger partial charge in [-0.3, -0.25) is 4.79 Å². The molecule has 92 valence electrons. The van der Waals surface area contributed by atoms with Gasteiger partial charge in [-0.15, -0.1) is 0 Å². The third-order valence-corrected chi connectivity index (χ3v) is 2.82. The van der Waals surface area contributed by atoms with Gasteiger partial charge in [-0.05, 0) is 36.8 Å². The zero-order chi connectivity index (χ0) is 13.1. The topological polar surface area (TPSA) is 29.1 Å². The Bertz CT molecular complexity index is 598. The minimum absolute atomic E-state index is 0.153. The first-order valence-electron chi connectivity index (χ1n) is 5.40. The third-order valence-electron chi connectivity index (χ3n) is 2.49. The summed E-state index contributed by atoms with van der Waals surface area (Å²) in [5.74, 6) is -0.897. The number of nitrogens with one attached hydrogen (secondary N) is 1. The number of rotatable bonds is 2. The van der Waals surface area contributed by atoms with Gasteiger partial charge in [-0.1, -0.05) is 29.8 Å². The van der Waals surface area contributed by atoms with E-state index >= 15 is 0 Å². The molecule has 0 heterocycles. The molecule has 0 aliphatic rings. The molecule has 2 nitrogen and oxygen atoms in total. The number of carbonyl (C=O) groups is 1. The lowest BCUT2D eigenvalue weighted by Gasteiger charge is -2.08. The van der Waals surface area contributed by atoms with Crippen LogP contribution >= 0.6 is 11.6 Å². The number of anilines is 1. The largest absolute Gasteiger partial charge is 0.319 e. The maximum absolute atomic E-state index is 13.5. The number of hydrogen-bond acceptors (Lipinski definition) is 1. The van der Waals surface area contributed by atoms with E-state index in [0.717, 1.165) is 5.56 Å². The van der Waals surface area contributed by atoms with Gasteiger partial charge in [0.05, 0.1) is 16.3 Å². The second-order valence-corrected chi connectivity index (χ2v) is 4.32. The molecule has 1 amide bonds. The average Bonchev–Trinajstić information content (AvgIpc) is 2.34. The second kappa shape index (κ2) is 5.19. The summed E-state index contributed by atoms with van der Waals surface area (Å²) in [5.41, 5.74) is 1.34. The molecule has 0 aromatic heterocycles. The number of halogens is 2. The van der Waals surface area contributed by atoms with Crippen molar-refractivity contribution in [1.29, 1.82) is 0 Å². The van der Waals surface area contributed by atoms with Crippen LogP contribution in [0, 0.1) is 12.7 Å². The fraction of sp³-hybridized carbons (Fsp3) is 0.0714. The van der Waals surface area contributed by atoms with Crippen molar-refractivity contribution in [3.8, 4) is 0 Å². The summed E-state index contributed by atoms with van der Waals surface area (Å²) in [6, 6.07) is 11.2. The Morgan fingerprint density at radius 1 is 1.22 bits per heavy atom. The van der Waals surface area contributed by atoms with E-state index in [-0.39, 0.29) is 5.69 Å². The van der Waals surface area contributed by atoms with Gasteiger partial charge in [-0.25, -0.2) is 4.39 Å². The van der Waals surface area contributed by atoms with E-state index in [9.17, 15) is 9.18 Å². The van der Waals surface area contributed by atoms with E-state index in [4.69, 9.17) is 11.6 Å². The van der Waals surface area contributed by atoms with Gasteiger partial charge in [0.2, 0.25) is 0 Å². The summed E-state index contributed by atoms with van der Waals surface area (Å²) >= 11 is 5.90. The van der Waals surface area contributed by atoms with E-state index < -0.39 is 11.7 Å². The molecule has 0 bridgehead atoms. The van der Waals surface area contributed by atoms with E-state index in [1.807, 2.05) is 6.92 Å². The van der Waals surface area contributed by atoms with Crippen LogP contribution in [0.4, 0.5) is 10.1 Å². The van der Waals surface area contributed by atoms with Crippen molar-refractivity contribution in [2.75, 3.05) is 5.32 Å². The Morgan fingerprint density at radius 2 is 1.94 bits per heavy atom. The van der Waals surface area contributed by atoms with Crippen LogP contribution in [0.1, 0.15) is 15.9 Å². The molecule has 0 fully saturated rings. The molecule has 2 aromatic rings. The van der Waals surface area contributed by atoms with Crippen molar-refractivity contribution >= 4 is 23.2 Å². The second-order valence-electron chi connectivity index (χ2n) is 3.92. The molecule has 2 rings (SSSR count). The van der Waals surface area contributed by atoms with Crippen LogP contribution < -0.4 is 5.32 Å². The minimum Gasteiger partial charge on any atom is -0.319 e. The maximum atomic E-state index is 13.5. The first-order chi connectivity index (χ1) is 8.58. The normalized spacial score (nSPS) is 10.2. The van der Waals surface area contributed by atoms with Crippen molar-refractivity contribution in [2.45, 2.75) is 6.92 Å². The van der Waals surface area contributed by atoms with E-state index in [2.05, 4.69) is 5.32 Å². The molecule has 0 atom stereocenters. The summed E-state index contributed by atoms with van der Waals surface area (Å²) < 4.78 is 13.5. The van der Waals surface area contributed by atoms with Crippen LogP contribution in [0.15, 0.2) is 42.5 Å². The summed E-state index contributed by atoms with van der Waals surface area (Å²) in [4.78, 5) is 11.9. The zero-order valence-corrected chi connectivity index (χ0v) is 10.5. The van der Waals surface area contributed by atoms with Crippen LogP contribution in [0.2, 0.25) is 5.02 Å². The lowest BCUT2D eigenvalue weighted by atomic mass is 10.2. The molecular weight excluding hydrogens is 253 g/mol. The number of carbonyl (C=O) groups excluding carboxylic acids is 1. The van der Waals surface area contributed by atoms with Gasteiger partial charge in [0.25, 0.3) is 5.91 Å². The highest BCUT2D eigenvalue weighted by atomic mass is 35.5. The highest BCUT2D eigenvalue weighted by Crippen LogP contribution is 2.19. The molecule has 18 heavy (non-hydrogen) atoms. The van der Waals surface area contributed by atoms with Crippen molar-refractivity contribution in [2.24, 2.45) is 0 Å². The Labute approximate surface area is 109 Å². The van der Waals surface area contributed by atoms with Crippen LogP contribution in [-0.2, 0) is 0 Å². The number of amides is 1. The third kappa shape index (κ3) is 2.68. The van der Waals surface area contributed by atoms with Gasteiger partial charge in [0.1, 0.15) is 5.82 Å². The van der Waals surface area contributed by atoms with Gasteiger partial charge in [0, 0.05) is 0 Å². The molecule has 1 N–H and O–H groups in total. The monoisotopic (exact) mass is 263 g/mol. The highest BCUT2D eigenvalue weighted by molar-refractivity contribution is 6.34. The van der Waals surface area contributed by atoms with Crippen LogP contribution in [-0.4, -0.2) is 5.91 Å². The quantitative estimate of drug-likeness (QED) is 0.870. The zero-order valence-electron chi connectivity index (χ0n) is 9.71. The Hall–Kier alpha value is -1.87. The number of aryl methyl sites for hydroxylation is 1. The lowest BCUT2D eigenvalue weighted by Crippen LogP contribution is -2.13. The predicted molar refractivity (Wildman–Crippen MR) is 70.5 cm³/mol. The fourth-order valence-electron chi connectivity index (χ4n) is 1.57. The van der Waals surface area contributed by atoms with Crippen LogP contribution in [0.25, 0.3) is 0 Å². The summed E-state index contributed by atoms with van der Waals surface area (Å²) in [5, 5.41) is 2.85. The molecule has 0 aliphatic carbocycles. The molecular formula is C14H11ClFNO. The molecule has 0 unspecified atom stereocenters. The molecule has 0 saturated heterocycles. The first-order valence-corrected chi connectivity index (χ1v) is 5.78. The molecule has 4 heteroatoms. The van der Waals surface area contributed by atoms with E-state index in [1.165, 1.54) is 6.07 Å². The van der Waals surface area contributed by atoms with Gasteiger partial charge < -0.3 is 5.32 Å². The van der Waals surface area contributed by atoms with Crippen LogP contribution in [0.5, 0.6) is 0 Å². The van der Waals surface area contributed by atoms with Crippen molar-refractivity contribution in [3.63, 3.8) is 0 Å². The first kappa shape index (κ1) is 12.6. The Kier molecular flexibility index (Phi) is 3.63. The smallest absolute Gasteiger partial charge is 0.257 e.